The molecule has 0 aromatic rings. The number of fused-ring (bicyclic) bond motifs is 9. The Kier molecular flexibility index (Phi) is 25.2. The molecule has 472 valence electrons. The number of methoxy groups -OCH3 is 2. The Morgan fingerprint density at radius 3 is 1.10 bits per heavy atom. The zero-order valence-electron chi connectivity index (χ0n) is 46.8. The van der Waals surface area contributed by atoms with E-state index in [-0.39, 0.29) is 123 Å². The number of halogens is 9. The minimum atomic E-state index is -5.16. The molecule has 0 aromatic heterocycles. The molecule has 0 spiro atoms. The molecule has 0 aliphatic heterocycles. The van der Waals surface area contributed by atoms with Crippen LogP contribution in [0.25, 0.3) is 0 Å². The van der Waals surface area contributed by atoms with Gasteiger partial charge >= 0.3 is 79.8 Å². The van der Waals surface area contributed by atoms with Crippen molar-refractivity contribution in [3.8, 4) is 0 Å². The molecular weight excluding hydrogens is 1210 g/mol. The molecule has 1 atom stereocenters. The molecule has 1 unspecified atom stereocenters. The number of hydrogen-bond donors (Lipinski definition) is 1. The van der Waals surface area contributed by atoms with Crippen molar-refractivity contribution in [1.82, 2.24) is 5.32 Å². The van der Waals surface area contributed by atoms with Crippen LogP contribution in [-0.2, 0) is 68.9 Å². The Balaban J connectivity index is 0.000000253. The van der Waals surface area contributed by atoms with Gasteiger partial charge in [0.15, 0.2) is 0 Å². The first-order valence-corrected chi connectivity index (χ1v) is 34.1. The van der Waals surface area contributed by atoms with Crippen LogP contribution < -0.4 is 56.7 Å². The van der Waals surface area contributed by atoms with Gasteiger partial charge in [-0.1, -0.05) is 7.43 Å². The molecule has 10 bridgehead atoms. The second-order valence-corrected chi connectivity index (χ2v) is 32.1. The summed E-state index contributed by atoms with van der Waals surface area (Å²) in [6, 6.07) is 0.343. The quantitative estimate of drug-likeness (QED) is 0.0359. The minimum absolute atomic E-state index is 0. The summed E-state index contributed by atoms with van der Waals surface area (Å²) in [5.74, 6) is 1.36. The standard InChI is InChI=1S/C23H34F3NO3S.C14H21F3O4S.C14H24O5S.CHF3O2S.CH4.K/c24-23(25,26)31(29,30)9-1-2-21-3-6-22(7-4-21,8-5-21)20(28)27-19-17-11-15-10-16(13-17)14-18(19)12-15;1-21-11(18)13-7-4-12(5-8-13,6-9-13)3-2-10-22(19,20)14(15,16)17;1-18-12(15)14-8-5-13(6-9-14,7-10-14)4-3-11-19-20(2,16)17;2-1(3,4)7(5)6;;/h15-19H,1-14H2,(H,27,28);2-10H2,1H3;3-11H2,1-2H3;(H,5,6);1H4;/q;;;;;+1/p-1. The predicted molar refractivity (Wildman–Crippen MR) is 281 cm³/mol. The first-order chi connectivity index (χ1) is 36.8. The second-order valence-electron chi connectivity index (χ2n) is 25.3. The van der Waals surface area contributed by atoms with E-state index in [0.29, 0.717) is 50.0 Å². The summed E-state index contributed by atoms with van der Waals surface area (Å²) < 4.78 is 206. The molecule has 13 aliphatic carbocycles. The van der Waals surface area contributed by atoms with Crippen molar-refractivity contribution in [1.29, 1.82) is 0 Å². The topological polar surface area (TPSA) is 233 Å². The first kappa shape index (κ1) is 73.8. The molecule has 13 rings (SSSR count). The summed E-state index contributed by atoms with van der Waals surface area (Å²) in [7, 11) is -10.5. The fourth-order valence-electron chi connectivity index (χ4n) is 15.9. The number of nitrogens with one attached hydrogen (secondary N) is 1. The molecule has 13 fully saturated rings. The number of esters is 2. The van der Waals surface area contributed by atoms with Gasteiger partial charge in [-0.2, -0.15) is 47.9 Å². The van der Waals surface area contributed by atoms with Crippen molar-refractivity contribution in [2.45, 2.75) is 216 Å². The average Bonchev–Trinajstić information content (AvgIpc) is 3.45. The molecular formula is C53H83F9KNO14S4. The van der Waals surface area contributed by atoms with Gasteiger partial charge in [0.1, 0.15) is 0 Å². The van der Waals surface area contributed by atoms with E-state index in [2.05, 4.69) is 5.32 Å². The van der Waals surface area contributed by atoms with E-state index in [0.717, 1.165) is 127 Å². The van der Waals surface area contributed by atoms with Gasteiger partial charge in [0, 0.05) is 11.5 Å². The molecule has 13 aliphatic rings. The monoisotopic (exact) mass is 1300 g/mol. The number of carbonyl (C=O) groups is 3. The third-order valence-corrected chi connectivity index (χ3v) is 24.8. The third-order valence-electron chi connectivity index (χ3n) is 20.7. The molecule has 0 heterocycles. The molecule has 0 radical (unpaired) electrons. The molecule has 0 aromatic carbocycles. The normalized spacial score (nSPS) is 34.7. The molecule has 1 amide bonds. The van der Waals surface area contributed by atoms with E-state index in [9.17, 15) is 79.2 Å². The summed E-state index contributed by atoms with van der Waals surface area (Å²) >= 11 is -3.93. The number of alkyl halides is 9. The maximum atomic E-state index is 13.4. The minimum Gasteiger partial charge on any atom is -0.766 e. The number of sulfone groups is 2. The number of rotatable bonds is 17. The molecule has 82 heavy (non-hydrogen) atoms. The molecule has 13 saturated carbocycles. The Labute approximate surface area is 523 Å². The molecule has 15 nitrogen and oxygen atoms in total. The smallest absolute Gasteiger partial charge is 0.766 e. The third kappa shape index (κ3) is 17.8. The number of hydrogen-bond acceptors (Lipinski definition) is 14. The van der Waals surface area contributed by atoms with Gasteiger partial charge in [0.25, 0.3) is 10.1 Å². The zero-order valence-corrected chi connectivity index (χ0v) is 53.2. The molecule has 29 heteroatoms. The van der Waals surface area contributed by atoms with Crippen LogP contribution in [0.1, 0.15) is 194 Å². The van der Waals surface area contributed by atoms with Crippen molar-refractivity contribution in [3.05, 3.63) is 0 Å². The van der Waals surface area contributed by atoms with Crippen LogP contribution in [0, 0.1) is 56.2 Å². The van der Waals surface area contributed by atoms with E-state index in [4.69, 9.17) is 22.4 Å². The fourth-order valence-corrected chi connectivity index (χ4v) is 17.9. The zero-order chi connectivity index (χ0) is 59.7. The van der Waals surface area contributed by atoms with Gasteiger partial charge in [-0.3, -0.25) is 22.8 Å². The molecule has 0 saturated heterocycles. The van der Waals surface area contributed by atoms with Gasteiger partial charge in [-0.25, -0.2) is 16.8 Å². The number of carbonyl (C=O) groups excluding carboxylic acids is 3. The fraction of sp³-hybridized carbons (Fsp3) is 0.943. The predicted octanol–water partition coefficient (Wildman–Crippen LogP) is 8.48. The van der Waals surface area contributed by atoms with Crippen LogP contribution >= 0.6 is 0 Å². The van der Waals surface area contributed by atoms with Gasteiger partial charge in [0.2, 0.25) is 25.6 Å². The van der Waals surface area contributed by atoms with Crippen LogP contribution in [0.3, 0.4) is 0 Å². The second kappa shape index (κ2) is 28.0. The van der Waals surface area contributed by atoms with Gasteiger partial charge in [0.05, 0.1) is 60.5 Å². The summed E-state index contributed by atoms with van der Waals surface area (Å²) in [5, 5.41) is 3.50. The first-order valence-electron chi connectivity index (χ1n) is 27.9. The van der Waals surface area contributed by atoms with Crippen LogP contribution in [0.15, 0.2) is 0 Å². The summed E-state index contributed by atoms with van der Waals surface area (Å²) in [5.41, 5.74) is -16.3. The Morgan fingerprint density at radius 2 is 0.829 bits per heavy atom. The van der Waals surface area contributed by atoms with Crippen molar-refractivity contribution in [2.75, 3.05) is 38.6 Å². The van der Waals surface area contributed by atoms with E-state index in [1.54, 1.807) is 0 Å². The summed E-state index contributed by atoms with van der Waals surface area (Å²) in [4.78, 5) is 37.2. The summed E-state index contributed by atoms with van der Waals surface area (Å²) in [6.45, 7) is 0.267. The maximum absolute atomic E-state index is 13.4. The van der Waals surface area contributed by atoms with Crippen LogP contribution in [-0.4, -0.2) is 113 Å². The van der Waals surface area contributed by atoms with E-state index >= 15 is 0 Å². The van der Waals surface area contributed by atoms with Crippen molar-refractivity contribution >= 4 is 58.7 Å². The van der Waals surface area contributed by atoms with Gasteiger partial charge < -0.3 is 19.3 Å². The van der Waals surface area contributed by atoms with E-state index in [1.165, 1.54) is 46.3 Å². The van der Waals surface area contributed by atoms with Crippen molar-refractivity contribution < 1.29 is 153 Å². The SMILES string of the molecule is C.COC(=O)C12CCC(CCCOS(C)(=O)=O)(CC1)CC2.COC(=O)C12CCC(CCCS(=O)(=O)C(F)(F)F)(CC1)CC2.O=C(NC1C2CC3CC(C2)CC1C3)C12CCC(CCCS(=O)(=O)C(F)(F)F)(CC1)CC2.O=S([O-])C(F)(F)F.[K+]. The van der Waals surface area contributed by atoms with Crippen LogP contribution in [0.4, 0.5) is 39.5 Å². The van der Waals surface area contributed by atoms with Crippen molar-refractivity contribution in [2.24, 2.45) is 56.2 Å². The molecule has 1 N–H and O–H groups in total. The Morgan fingerprint density at radius 1 is 0.537 bits per heavy atom. The van der Waals surface area contributed by atoms with Crippen molar-refractivity contribution in [3.63, 3.8) is 0 Å². The van der Waals surface area contributed by atoms with Crippen LogP contribution in [0.2, 0.25) is 0 Å². The van der Waals surface area contributed by atoms with E-state index < -0.39 is 74.3 Å². The Bertz CT molecular complexity index is 2480. The Hall–Kier alpha value is -0.664. The van der Waals surface area contributed by atoms with Crippen LogP contribution in [0.5, 0.6) is 0 Å². The van der Waals surface area contributed by atoms with E-state index in [1.807, 2.05) is 0 Å². The average molecular weight is 1300 g/mol. The van der Waals surface area contributed by atoms with Gasteiger partial charge in [-0.15, -0.1) is 0 Å². The van der Waals surface area contributed by atoms with Gasteiger partial charge in [-0.05, 0) is 226 Å². The summed E-state index contributed by atoms with van der Waals surface area (Å²) in [6.07, 6.45) is 25.4. The maximum Gasteiger partial charge on any atom is 1.00 e. The number of amides is 1. The number of ether oxygens (including phenoxy) is 2. The largest absolute Gasteiger partial charge is 1.00 e.